The molecule has 0 aliphatic heterocycles. The van der Waals surface area contributed by atoms with Crippen molar-refractivity contribution in [3.05, 3.63) is 130 Å². The molecule has 6 aromatic rings. The van der Waals surface area contributed by atoms with Crippen LogP contribution in [-0.4, -0.2) is 4.98 Å². The summed E-state index contributed by atoms with van der Waals surface area (Å²) in [5.41, 5.74) is -1.64. The van der Waals surface area contributed by atoms with Crippen molar-refractivity contribution in [1.82, 2.24) is 4.98 Å². The smallest absolute Gasteiger partial charge is 0.429 e. The second-order valence-electron chi connectivity index (χ2n) is 10.1. The Balaban J connectivity index is 1.32. The van der Waals surface area contributed by atoms with Crippen LogP contribution in [0, 0.1) is 53.5 Å². The van der Waals surface area contributed by atoms with Gasteiger partial charge in [0.1, 0.15) is 45.4 Å². The minimum absolute atomic E-state index is 0.00515. The first-order valence-corrected chi connectivity index (χ1v) is 13.9. The Morgan fingerprint density at radius 1 is 0.609 bits per heavy atom. The first-order valence-electron chi connectivity index (χ1n) is 13.1. The zero-order chi connectivity index (χ0) is 33.1. The van der Waals surface area contributed by atoms with Crippen LogP contribution in [0.3, 0.4) is 0 Å². The van der Waals surface area contributed by atoms with Crippen molar-refractivity contribution in [3.8, 4) is 38.6 Å². The molecule has 0 amide bonds. The van der Waals surface area contributed by atoms with Gasteiger partial charge in [-0.1, -0.05) is 18.2 Å². The van der Waals surface area contributed by atoms with Gasteiger partial charge in [0.05, 0.1) is 15.8 Å². The molecular formula is C33H15F10NOS. The minimum atomic E-state index is -4.78. The molecule has 0 aliphatic rings. The van der Waals surface area contributed by atoms with E-state index >= 15 is 8.78 Å². The van der Waals surface area contributed by atoms with Gasteiger partial charge in [0.15, 0.2) is 17.5 Å². The molecule has 46 heavy (non-hydrogen) atoms. The van der Waals surface area contributed by atoms with Crippen LogP contribution in [0.25, 0.3) is 43.0 Å². The summed E-state index contributed by atoms with van der Waals surface area (Å²) < 4.78 is 149. The summed E-state index contributed by atoms with van der Waals surface area (Å²) in [7, 11) is 0. The third-order valence-electron chi connectivity index (χ3n) is 6.94. The molecule has 234 valence electrons. The normalized spacial score (nSPS) is 11.8. The van der Waals surface area contributed by atoms with E-state index in [1.807, 2.05) is 0 Å². The molecule has 0 unspecified atom stereocenters. The molecule has 0 fully saturated rings. The Bertz CT molecular complexity index is 2110. The van der Waals surface area contributed by atoms with E-state index in [2.05, 4.69) is 9.72 Å². The second-order valence-corrected chi connectivity index (χ2v) is 11.2. The van der Waals surface area contributed by atoms with Crippen molar-refractivity contribution in [3.63, 3.8) is 0 Å². The van der Waals surface area contributed by atoms with Gasteiger partial charge in [-0.05, 0) is 66.1 Å². The lowest BCUT2D eigenvalue weighted by Crippen LogP contribution is -2.25. The molecule has 0 bridgehead atoms. The molecule has 1 aromatic heterocycles. The average Bonchev–Trinajstić information content (AvgIpc) is 3.38. The number of hydrogen-bond acceptors (Lipinski definition) is 3. The van der Waals surface area contributed by atoms with Crippen molar-refractivity contribution in [2.24, 2.45) is 0 Å². The van der Waals surface area contributed by atoms with Crippen LogP contribution in [0.5, 0.6) is 5.75 Å². The molecule has 13 heteroatoms. The van der Waals surface area contributed by atoms with Crippen LogP contribution < -0.4 is 4.74 Å². The van der Waals surface area contributed by atoms with Crippen LogP contribution in [-0.2, 0) is 6.11 Å². The molecule has 0 aliphatic carbocycles. The van der Waals surface area contributed by atoms with E-state index in [0.717, 1.165) is 23.5 Å². The summed E-state index contributed by atoms with van der Waals surface area (Å²) in [5.74, 6) is -13.1. The molecule has 0 radical (unpaired) electrons. The molecule has 2 nitrogen and oxygen atoms in total. The molecule has 1 heterocycles. The van der Waals surface area contributed by atoms with Gasteiger partial charge in [-0.2, -0.15) is 8.78 Å². The van der Waals surface area contributed by atoms with Crippen molar-refractivity contribution >= 4 is 21.6 Å². The summed E-state index contributed by atoms with van der Waals surface area (Å²) in [6, 6.07) is 11.6. The van der Waals surface area contributed by atoms with Gasteiger partial charge >= 0.3 is 6.11 Å². The summed E-state index contributed by atoms with van der Waals surface area (Å²) >= 11 is 0.836. The summed E-state index contributed by atoms with van der Waals surface area (Å²) in [4.78, 5) is 4.22. The highest BCUT2D eigenvalue weighted by Crippen LogP contribution is 2.40. The molecule has 0 saturated carbocycles. The number of fused-ring (bicyclic) bond motifs is 1. The largest absolute Gasteiger partial charge is 0.432 e. The zero-order valence-electron chi connectivity index (χ0n) is 23.0. The SMILES string of the molecule is Cc1ccc(-c2cc(F)c(-c3ccc4nc(-c5cc(F)c(C(F)(F)Oc6cc(F)c(F)c(F)c6)c(F)c5)sc4c3)c(F)c2)c(F)c1. The number of hydrogen-bond donors (Lipinski definition) is 0. The Morgan fingerprint density at radius 3 is 1.83 bits per heavy atom. The zero-order valence-corrected chi connectivity index (χ0v) is 23.8. The van der Waals surface area contributed by atoms with Crippen LogP contribution in [0.2, 0.25) is 0 Å². The number of aryl methyl sites for hydroxylation is 1. The fourth-order valence-corrected chi connectivity index (χ4v) is 5.82. The lowest BCUT2D eigenvalue weighted by molar-refractivity contribution is -0.189. The molecule has 0 N–H and O–H groups in total. The quantitative estimate of drug-likeness (QED) is 0.131. The van der Waals surface area contributed by atoms with Gasteiger partial charge in [0.2, 0.25) is 0 Å². The fourth-order valence-electron chi connectivity index (χ4n) is 4.83. The van der Waals surface area contributed by atoms with Crippen LogP contribution in [0.15, 0.2) is 72.8 Å². The Morgan fingerprint density at radius 2 is 1.22 bits per heavy atom. The van der Waals surface area contributed by atoms with Crippen molar-refractivity contribution in [2.45, 2.75) is 13.0 Å². The number of ether oxygens (including phenoxy) is 1. The van der Waals surface area contributed by atoms with Crippen LogP contribution >= 0.6 is 11.3 Å². The fraction of sp³-hybridized carbons (Fsp3) is 0.0606. The molecule has 0 saturated heterocycles. The van der Waals surface area contributed by atoms with Gasteiger partial charge < -0.3 is 4.74 Å². The molecule has 5 aromatic carbocycles. The molecule has 6 rings (SSSR count). The number of rotatable bonds is 6. The third-order valence-corrected chi connectivity index (χ3v) is 8.01. The maximum Gasteiger partial charge on any atom is 0.432 e. The van der Waals surface area contributed by atoms with E-state index in [-0.39, 0.29) is 44.9 Å². The highest BCUT2D eigenvalue weighted by molar-refractivity contribution is 7.21. The van der Waals surface area contributed by atoms with E-state index in [1.165, 1.54) is 30.3 Å². The maximum atomic E-state index is 15.2. The number of thiazole rings is 1. The van der Waals surface area contributed by atoms with E-state index < -0.39 is 69.5 Å². The van der Waals surface area contributed by atoms with Crippen LogP contribution in [0.4, 0.5) is 43.9 Å². The number of nitrogens with zero attached hydrogens (tertiary/aromatic N) is 1. The van der Waals surface area contributed by atoms with E-state index in [1.54, 1.807) is 13.0 Å². The standard InChI is InChI=1S/C33H15F10NOS/c1-14-2-4-19(20(34)6-14)16-7-21(35)29(22(36)8-16)15-3-5-27-28(11-15)46-32(44-27)17-9-23(37)30(24(38)10-17)33(42,43)45-18-12-25(39)31(41)26(40)13-18/h2-13H,1H3. The van der Waals surface area contributed by atoms with E-state index in [0.29, 0.717) is 22.4 Å². The Labute approximate surface area is 257 Å². The molecule has 0 atom stereocenters. The molecule has 0 spiro atoms. The van der Waals surface area contributed by atoms with Crippen molar-refractivity contribution < 1.29 is 48.6 Å². The average molecular weight is 664 g/mol. The van der Waals surface area contributed by atoms with Gasteiger partial charge in [0, 0.05) is 23.3 Å². The number of aromatic nitrogens is 1. The minimum Gasteiger partial charge on any atom is -0.429 e. The number of halogens is 10. The van der Waals surface area contributed by atoms with Crippen LogP contribution in [0.1, 0.15) is 11.1 Å². The van der Waals surface area contributed by atoms with Gasteiger partial charge in [-0.25, -0.2) is 40.1 Å². The predicted octanol–water partition coefficient (Wildman–Crippen LogP) is 10.8. The highest BCUT2D eigenvalue weighted by atomic mass is 32.1. The van der Waals surface area contributed by atoms with Gasteiger partial charge in [-0.15, -0.1) is 11.3 Å². The lowest BCUT2D eigenvalue weighted by atomic mass is 9.98. The Hall–Kier alpha value is -4.91. The van der Waals surface area contributed by atoms with Crippen molar-refractivity contribution in [1.29, 1.82) is 0 Å². The molecular weight excluding hydrogens is 648 g/mol. The van der Waals surface area contributed by atoms with E-state index in [4.69, 9.17) is 0 Å². The predicted molar refractivity (Wildman–Crippen MR) is 151 cm³/mol. The monoisotopic (exact) mass is 663 g/mol. The second kappa shape index (κ2) is 11.5. The third kappa shape index (κ3) is 5.66. The first-order chi connectivity index (χ1) is 21.7. The maximum absolute atomic E-state index is 15.2. The van der Waals surface area contributed by atoms with E-state index in [9.17, 15) is 35.1 Å². The topological polar surface area (TPSA) is 22.1 Å². The van der Waals surface area contributed by atoms with Gasteiger partial charge in [-0.3, -0.25) is 0 Å². The summed E-state index contributed by atoms with van der Waals surface area (Å²) in [5, 5.41) is -0.0467. The number of alkyl halides is 2. The number of benzene rings is 5. The van der Waals surface area contributed by atoms with Gasteiger partial charge in [0.25, 0.3) is 0 Å². The lowest BCUT2D eigenvalue weighted by Gasteiger charge is -2.20. The highest BCUT2D eigenvalue weighted by Gasteiger charge is 2.41. The Kier molecular flexibility index (Phi) is 7.75. The summed E-state index contributed by atoms with van der Waals surface area (Å²) in [6.07, 6.45) is -4.78. The first kappa shape index (κ1) is 31.1. The summed E-state index contributed by atoms with van der Waals surface area (Å²) in [6.45, 7) is 1.67. The van der Waals surface area contributed by atoms with Crippen molar-refractivity contribution in [2.75, 3.05) is 0 Å².